The second-order valence-corrected chi connectivity index (χ2v) is 3.19. The summed E-state index contributed by atoms with van der Waals surface area (Å²) in [7, 11) is 3.67. The van der Waals surface area contributed by atoms with Crippen molar-refractivity contribution in [2.45, 2.75) is 25.9 Å². The molecule has 0 saturated carbocycles. The van der Waals surface area contributed by atoms with Crippen LogP contribution < -0.4 is 5.32 Å². The highest BCUT2D eigenvalue weighted by molar-refractivity contribution is 4.99. The van der Waals surface area contributed by atoms with Crippen molar-refractivity contribution in [1.82, 2.24) is 14.9 Å². The Bertz CT molecular complexity index is 260. The van der Waals surface area contributed by atoms with Crippen molar-refractivity contribution in [1.29, 1.82) is 0 Å². The first-order chi connectivity index (χ1) is 6.83. The SMILES string of the molecule is CCn1ccnc1C(CCOC)NC. The topological polar surface area (TPSA) is 39.1 Å². The van der Waals surface area contributed by atoms with Gasteiger partial charge in [-0.2, -0.15) is 0 Å². The monoisotopic (exact) mass is 197 g/mol. The number of methoxy groups -OCH3 is 1. The Balaban J connectivity index is 2.67. The van der Waals surface area contributed by atoms with Crippen molar-refractivity contribution in [2.24, 2.45) is 0 Å². The summed E-state index contributed by atoms with van der Waals surface area (Å²) < 4.78 is 7.22. The molecule has 80 valence electrons. The van der Waals surface area contributed by atoms with E-state index >= 15 is 0 Å². The standard InChI is InChI=1S/C10H19N3O/c1-4-13-7-6-12-10(13)9(11-2)5-8-14-3/h6-7,9,11H,4-5,8H2,1-3H3. The molecule has 1 aromatic rings. The first-order valence-corrected chi connectivity index (χ1v) is 5.00. The Hall–Kier alpha value is -0.870. The maximum atomic E-state index is 5.07. The Kier molecular flexibility index (Phi) is 4.62. The lowest BCUT2D eigenvalue weighted by Gasteiger charge is -2.16. The fourth-order valence-electron chi connectivity index (χ4n) is 1.54. The predicted octanol–water partition coefficient (Wildman–Crippen LogP) is 1.20. The molecule has 1 atom stereocenters. The summed E-state index contributed by atoms with van der Waals surface area (Å²) in [6.45, 7) is 3.83. The Morgan fingerprint density at radius 3 is 3.00 bits per heavy atom. The molecule has 1 unspecified atom stereocenters. The summed E-state index contributed by atoms with van der Waals surface area (Å²) in [4.78, 5) is 4.36. The van der Waals surface area contributed by atoms with Crippen LogP contribution in [0.15, 0.2) is 12.4 Å². The maximum absolute atomic E-state index is 5.07. The van der Waals surface area contributed by atoms with E-state index in [-0.39, 0.29) is 6.04 Å². The molecule has 0 fully saturated rings. The number of rotatable bonds is 6. The van der Waals surface area contributed by atoms with Crippen LogP contribution >= 0.6 is 0 Å². The zero-order valence-electron chi connectivity index (χ0n) is 9.16. The number of aryl methyl sites for hydroxylation is 1. The minimum atomic E-state index is 0.282. The summed E-state index contributed by atoms with van der Waals surface area (Å²) in [5.41, 5.74) is 0. The zero-order valence-corrected chi connectivity index (χ0v) is 9.16. The largest absolute Gasteiger partial charge is 0.385 e. The van der Waals surface area contributed by atoms with Crippen LogP contribution in [0.5, 0.6) is 0 Å². The molecule has 0 aliphatic heterocycles. The molecule has 0 aliphatic carbocycles. The quantitative estimate of drug-likeness (QED) is 0.744. The fourth-order valence-corrected chi connectivity index (χ4v) is 1.54. The molecule has 0 radical (unpaired) electrons. The van der Waals surface area contributed by atoms with E-state index in [1.165, 1.54) is 0 Å². The van der Waals surface area contributed by atoms with E-state index in [0.29, 0.717) is 0 Å². The van der Waals surface area contributed by atoms with E-state index in [0.717, 1.165) is 25.4 Å². The molecule has 0 bridgehead atoms. The third-order valence-electron chi connectivity index (χ3n) is 2.36. The summed E-state index contributed by atoms with van der Waals surface area (Å²) in [6.07, 6.45) is 4.80. The Morgan fingerprint density at radius 1 is 1.64 bits per heavy atom. The minimum absolute atomic E-state index is 0.282. The number of hydrogen-bond acceptors (Lipinski definition) is 3. The van der Waals surface area contributed by atoms with Gasteiger partial charge >= 0.3 is 0 Å². The van der Waals surface area contributed by atoms with E-state index in [2.05, 4.69) is 21.8 Å². The highest BCUT2D eigenvalue weighted by atomic mass is 16.5. The van der Waals surface area contributed by atoms with E-state index in [9.17, 15) is 0 Å². The lowest BCUT2D eigenvalue weighted by atomic mass is 10.2. The zero-order chi connectivity index (χ0) is 10.4. The Morgan fingerprint density at radius 2 is 2.43 bits per heavy atom. The number of nitrogens with one attached hydrogen (secondary N) is 1. The van der Waals surface area contributed by atoms with Crippen molar-refractivity contribution in [3.8, 4) is 0 Å². The van der Waals surface area contributed by atoms with Crippen molar-refractivity contribution >= 4 is 0 Å². The molecule has 0 aromatic carbocycles. The smallest absolute Gasteiger partial charge is 0.125 e. The van der Waals surface area contributed by atoms with E-state index in [1.807, 2.05) is 19.4 Å². The van der Waals surface area contributed by atoms with E-state index in [1.54, 1.807) is 7.11 Å². The van der Waals surface area contributed by atoms with Crippen LogP contribution in [-0.4, -0.2) is 30.3 Å². The van der Waals surface area contributed by atoms with Gasteiger partial charge in [0.2, 0.25) is 0 Å². The van der Waals surface area contributed by atoms with Crippen LogP contribution in [0.2, 0.25) is 0 Å². The highest BCUT2D eigenvalue weighted by Crippen LogP contribution is 2.14. The number of aromatic nitrogens is 2. The summed E-state index contributed by atoms with van der Waals surface area (Å²) in [6, 6.07) is 0.282. The second-order valence-electron chi connectivity index (χ2n) is 3.19. The van der Waals surface area contributed by atoms with Gasteiger partial charge in [-0.25, -0.2) is 4.98 Å². The van der Waals surface area contributed by atoms with Gasteiger partial charge < -0.3 is 14.6 Å². The molecule has 14 heavy (non-hydrogen) atoms. The number of imidazole rings is 1. The summed E-state index contributed by atoms with van der Waals surface area (Å²) >= 11 is 0. The lowest BCUT2D eigenvalue weighted by Crippen LogP contribution is -2.22. The highest BCUT2D eigenvalue weighted by Gasteiger charge is 2.13. The van der Waals surface area contributed by atoms with Crippen molar-refractivity contribution in [3.05, 3.63) is 18.2 Å². The van der Waals surface area contributed by atoms with Gasteiger partial charge in [0.15, 0.2) is 0 Å². The number of nitrogens with zero attached hydrogens (tertiary/aromatic N) is 2. The molecule has 0 amide bonds. The number of ether oxygens (including phenoxy) is 1. The molecule has 0 saturated heterocycles. The molecule has 0 spiro atoms. The molecule has 1 N–H and O–H groups in total. The van der Waals surface area contributed by atoms with Crippen LogP contribution in [0.4, 0.5) is 0 Å². The normalized spacial score (nSPS) is 13.1. The van der Waals surface area contributed by atoms with Gasteiger partial charge in [-0.1, -0.05) is 0 Å². The van der Waals surface area contributed by atoms with Gasteiger partial charge in [0.1, 0.15) is 5.82 Å². The summed E-state index contributed by atoms with van der Waals surface area (Å²) in [5, 5.41) is 3.25. The summed E-state index contributed by atoms with van der Waals surface area (Å²) in [5.74, 6) is 1.09. The van der Waals surface area contributed by atoms with Crippen LogP contribution in [0.1, 0.15) is 25.2 Å². The van der Waals surface area contributed by atoms with Crippen molar-refractivity contribution < 1.29 is 4.74 Å². The van der Waals surface area contributed by atoms with E-state index < -0.39 is 0 Å². The first kappa shape index (κ1) is 11.2. The molecule has 4 heteroatoms. The molecule has 1 rings (SSSR count). The van der Waals surface area contributed by atoms with Gasteiger partial charge in [0, 0.05) is 32.7 Å². The van der Waals surface area contributed by atoms with Crippen molar-refractivity contribution in [3.63, 3.8) is 0 Å². The molecular formula is C10H19N3O. The average molecular weight is 197 g/mol. The van der Waals surface area contributed by atoms with Gasteiger partial charge in [0.05, 0.1) is 6.04 Å². The fraction of sp³-hybridized carbons (Fsp3) is 0.700. The van der Waals surface area contributed by atoms with E-state index in [4.69, 9.17) is 4.74 Å². The van der Waals surface area contributed by atoms with Crippen LogP contribution in [0.3, 0.4) is 0 Å². The molecule has 4 nitrogen and oxygen atoms in total. The van der Waals surface area contributed by atoms with Crippen LogP contribution in [0.25, 0.3) is 0 Å². The number of hydrogen-bond donors (Lipinski definition) is 1. The molecule has 0 aliphatic rings. The Labute approximate surface area is 85.3 Å². The predicted molar refractivity (Wildman–Crippen MR) is 56.2 cm³/mol. The maximum Gasteiger partial charge on any atom is 0.125 e. The van der Waals surface area contributed by atoms with Gasteiger partial charge in [-0.15, -0.1) is 0 Å². The molecule has 1 heterocycles. The van der Waals surface area contributed by atoms with Gasteiger partial charge in [-0.05, 0) is 20.4 Å². The van der Waals surface area contributed by atoms with Crippen LogP contribution in [-0.2, 0) is 11.3 Å². The first-order valence-electron chi connectivity index (χ1n) is 5.00. The minimum Gasteiger partial charge on any atom is -0.385 e. The van der Waals surface area contributed by atoms with Crippen LogP contribution in [0, 0.1) is 0 Å². The van der Waals surface area contributed by atoms with Gasteiger partial charge in [0.25, 0.3) is 0 Å². The average Bonchev–Trinajstić information content (AvgIpc) is 2.67. The lowest BCUT2D eigenvalue weighted by molar-refractivity contribution is 0.182. The molecular weight excluding hydrogens is 178 g/mol. The second kappa shape index (κ2) is 5.78. The third kappa shape index (κ3) is 2.56. The van der Waals surface area contributed by atoms with Gasteiger partial charge in [-0.3, -0.25) is 0 Å². The molecule has 1 aromatic heterocycles. The van der Waals surface area contributed by atoms with Crippen molar-refractivity contribution in [2.75, 3.05) is 20.8 Å². The third-order valence-corrected chi connectivity index (χ3v) is 2.36.